The minimum atomic E-state index is 0.382. The molecule has 0 heterocycles. The first-order chi connectivity index (χ1) is 8.11. The molecule has 0 aromatic heterocycles. The van der Waals surface area contributed by atoms with E-state index in [1.54, 1.807) is 7.11 Å². The molecule has 0 amide bonds. The van der Waals surface area contributed by atoms with Gasteiger partial charge in [0.1, 0.15) is 5.75 Å². The first-order valence-corrected chi connectivity index (χ1v) is 7.00. The molecule has 1 aromatic rings. The van der Waals surface area contributed by atoms with E-state index >= 15 is 0 Å². The lowest BCUT2D eigenvalue weighted by atomic mass is 10.1. The van der Waals surface area contributed by atoms with Gasteiger partial charge in [0.05, 0.1) is 11.6 Å². The summed E-state index contributed by atoms with van der Waals surface area (Å²) in [7, 11) is 1.69. The maximum absolute atomic E-state index is 5.24. The Bertz CT molecular complexity index is 390. The van der Waals surface area contributed by atoms with Gasteiger partial charge in [0, 0.05) is 12.1 Å². The molecule has 3 heteroatoms. The number of benzene rings is 1. The third kappa shape index (κ3) is 3.23. The summed E-state index contributed by atoms with van der Waals surface area (Å²) in [6, 6.07) is 7.27. The van der Waals surface area contributed by atoms with Crippen molar-refractivity contribution in [3.63, 3.8) is 0 Å². The predicted octanol–water partition coefficient (Wildman–Crippen LogP) is 3.91. The largest absolute Gasteiger partial charge is 0.496 e. The molecule has 1 fully saturated rings. The second-order valence-corrected chi connectivity index (χ2v) is 5.76. The average molecular weight is 298 g/mol. The Labute approximate surface area is 112 Å². The Morgan fingerprint density at radius 2 is 2.06 bits per heavy atom. The molecule has 2 unspecified atom stereocenters. The Hall–Kier alpha value is -0.540. The Morgan fingerprint density at radius 1 is 1.35 bits per heavy atom. The average Bonchev–Trinajstić information content (AvgIpc) is 3.12. The van der Waals surface area contributed by atoms with E-state index in [9.17, 15) is 0 Å². The normalized spacial score (nSPS) is 18.8. The van der Waals surface area contributed by atoms with Gasteiger partial charge in [0.25, 0.3) is 0 Å². The van der Waals surface area contributed by atoms with Gasteiger partial charge in [0.15, 0.2) is 0 Å². The molecule has 1 N–H and O–H groups in total. The van der Waals surface area contributed by atoms with Crippen molar-refractivity contribution in [2.45, 2.75) is 38.8 Å². The van der Waals surface area contributed by atoms with E-state index in [1.165, 1.54) is 18.4 Å². The fraction of sp³-hybridized carbons (Fsp3) is 0.571. The zero-order valence-electron chi connectivity index (χ0n) is 10.7. The molecule has 1 aliphatic rings. The summed E-state index contributed by atoms with van der Waals surface area (Å²) in [6.45, 7) is 4.50. The highest BCUT2D eigenvalue weighted by Crippen LogP contribution is 2.34. The second-order valence-electron chi connectivity index (χ2n) is 4.91. The van der Waals surface area contributed by atoms with Crippen molar-refractivity contribution < 1.29 is 4.74 Å². The van der Waals surface area contributed by atoms with Crippen LogP contribution in [0, 0.1) is 5.92 Å². The van der Waals surface area contributed by atoms with E-state index in [4.69, 9.17) is 4.74 Å². The van der Waals surface area contributed by atoms with Crippen molar-refractivity contribution in [3.05, 3.63) is 28.2 Å². The van der Waals surface area contributed by atoms with Crippen LogP contribution in [0.2, 0.25) is 0 Å². The topological polar surface area (TPSA) is 21.3 Å². The van der Waals surface area contributed by atoms with Gasteiger partial charge < -0.3 is 10.1 Å². The first-order valence-electron chi connectivity index (χ1n) is 6.21. The van der Waals surface area contributed by atoms with Crippen molar-refractivity contribution in [2.24, 2.45) is 5.92 Å². The number of hydrogen-bond donors (Lipinski definition) is 1. The van der Waals surface area contributed by atoms with Crippen molar-refractivity contribution in [3.8, 4) is 5.75 Å². The van der Waals surface area contributed by atoms with E-state index in [2.05, 4.69) is 47.2 Å². The fourth-order valence-electron chi connectivity index (χ4n) is 2.17. The summed E-state index contributed by atoms with van der Waals surface area (Å²) in [5.74, 6) is 1.77. The molecule has 2 nitrogen and oxygen atoms in total. The van der Waals surface area contributed by atoms with Gasteiger partial charge in [-0.15, -0.1) is 0 Å². The molecule has 0 saturated heterocycles. The van der Waals surface area contributed by atoms with Crippen molar-refractivity contribution in [1.29, 1.82) is 0 Å². The number of rotatable bonds is 5. The van der Waals surface area contributed by atoms with Gasteiger partial charge in [-0.3, -0.25) is 0 Å². The van der Waals surface area contributed by atoms with Crippen LogP contribution in [0.5, 0.6) is 5.75 Å². The van der Waals surface area contributed by atoms with E-state index < -0.39 is 0 Å². The van der Waals surface area contributed by atoms with Gasteiger partial charge in [-0.25, -0.2) is 0 Å². The number of nitrogens with one attached hydrogen (secondary N) is 1. The molecule has 0 radical (unpaired) electrons. The third-order valence-corrected chi connectivity index (χ3v) is 4.14. The first kappa shape index (κ1) is 12.9. The molecule has 2 atom stereocenters. The van der Waals surface area contributed by atoms with E-state index in [1.807, 2.05) is 6.07 Å². The van der Waals surface area contributed by atoms with Gasteiger partial charge in [-0.1, -0.05) is 6.07 Å². The van der Waals surface area contributed by atoms with Crippen LogP contribution in [-0.4, -0.2) is 13.2 Å². The number of halogens is 1. The quantitative estimate of drug-likeness (QED) is 0.890. The molecule has 1 saturated carbocycles. The maximum atomic E-state index is 5.24. The summed E-state index contributed by atoms with van der Waals surface area (Å²) in [4.78, 5) is 0. The van der Waals surface area contributed by atoms with E-state index in [0.29, 0.717) is 12.1 Å². The van der Waals surface area contributed by atoms with Gasteiger partial charge in [-0.2, -0.15) is 0 Å². The molecule has 17 heavy (non-hydrogen) atoms. The van der Waals surface area contributed by atoms with Crippen molar-refractivity contribution in [2.75, 3.05) is 7.11 Å². The molecule has 1 aliphatic carbocycles. The molecule has 0 aliphatic heterocycles. The summed E-state index contributed by atoms with van der Waals surface area (Å²) >= 11 is 3.53. The smallest absolute Gasteiger partial charge is 0.133 e. The molecule has 0 spiro atoms. The van der Waals surface area contributed by atoms with Gasteiger partial charge in [-0.05, 0) is 66.2 Å². The van der Waals surface area contributed by atoms with Crippen molar-refractivity contribution in [1.82, 2.24) is 5.32 Å². The fourth-order valence-corrected chi connectivity index (χ4v) is 2.73. The van der Waals surface area contributed by atoms with Gasteiger partial charge in [0.2, 0.25) is 0 Å². The molecule has 0 bridgehead atoms. The minimum absolute atomic E-state index is 0.382. The highest BCUT2D eigenvalue weighted by atomic mass is 79.9. The van der Waals surface area contributed by atoms with E-state index in [0.717, 1.165) is 16.1 Å². The monoisotopic (exact) mass is 297 g/mol. The Balaban J connectivity index is 2.02. The SMILES string of the molecule is COc1ccc(C(C)NC(C)C2CC2)cc1Br. The van der Waals surface area contributed by atoms with Crippen molar-refractivity contribution >= 4 is 15.9 Å². The molecule has 2 rings (SSSR count). The molecule has 94 valence electrons. The zero-order valence-corrected chi connectivity index (χ0v) is 12.3. The highest BCUT2D eigenvalue weighted by Gasteiger charge is 2.28. The zero-order chi connectivity index (χ0) is 12.4. The summed E-state index contributed by atoms with van der Waals surface area (Å²) in [5, 5.41) is 3.66. The third-order valence-electron chi connectivity index (χ3n) is 3.52. The van der Waals surface area contributed by atoms with Gasteiger partial charge >= 0.3 is 0 Å². The minimum Gasteiger partial charge on any atom is -0.496 e. The molecular formula is C14H20BrNO. The Kier molecular flexibility index (Phi) is 4.10. The van der Waals surface area contributed by atoms with Crippen LogP contribution in [0.15, 0.2) is 22.7 Å². The van der Waals surface area contributed by atoms with Crippen LogP contribution in [0.4, 0.5) is 0 Å². The number of ether oxygens (including phenoxy) is 1. The highest BCUT2D eigenvalue weighted by molar-refractivity contribution is 9.10. The Morgan fingerprint density at radius 3 is 2.59 bits per heavy atom. The van der Waals surface area contributed by atoms with Crippen LogP contribution in [-0.2, 0) is 0 Å². The lowest BCUT2D eigenvalue weighted by molar-refractivity contribution is 0.410. The standard InChI is InChI=1S/C14H20BrNO/c1-9(11-4-5-11)16-10(2)12-6-7-14(17-3)13(15)8-12/h6-11,16H,4-5H2,1-3H3. The number of methoxy groups -OCH3 is 1. The number of hydrogen-bond acceptors (Lipinski definition) is 2. The lowest BCUT2D eigenvalue weighted by Gasteiger charge is -2.20. The lowest BCUT2D eigenvalue weighted by Crippen LogP contribution is -2.30. The summed E-state index contributed by atoms with van der Waals surface area (Å²) < 4.78 is 6.26. The van der Waals surface area contributed by atoms with Crippen LogP contribution in [0.25, 0.3) is 0 Å². The molecular weight excluding hydrogens is 278 g/mol. The van der Waals surface area contributed by atoms with Crippen LogP contribution < -0.4 is 10.1 Å². The summed E-state index contributed by atoms with van der Waals surface area (Å²) in [5.41, 5.74) is 1.30. The van der Waals surface area contributed by atoms with E-state index in [-0.39, 0.29) is 0 Å². The predicted molar refractivity (Wildman–Crippen MR) is 74.4 cm³/mol. The summed E-state index contributed by atoms with van der Waals surface area (Å²) in [6.07, 6.45) is 2.76. The molecule has 1 aromatic carbocycles. The maximum Gasteiger partial charge on any atom is 0.133 e. The second kappa shape index (κ2) is 5.40. The van der Waals surface area contributed by atoms with Crippen LogP contribution in [0.1, 0.15) is 38.3 Å². The van der Waals surface area contributed by atoms with Crippen LogP contribution >= 0.6 is 15.9 Å². The van der Waals surface area contributed by atoms with Crippen LogP contribution in [0.3, 0.4) is 0 Å².